The summed E-state index contributed by atoms with van der Waals surface area (Å²) in [4.78, 5) is 1.40. The molecular weight excluding hydrogens is 353 g/mol. The summed E-state index contributed by atoms with van der Waals surface area (Å²) in [6, 6.07) is 8.26. The van der Waals surface area contributed by atoms with Crippen molar-refractivity contribution >= 4 is 56.2 Å². The Bertz CT molecular complexity index is 597. The largest absolute Gasteiger partial charge is 0.377 e. The molecule has 1 N–H and O–H groups in total. The molecule has 94 valence electrons. The quantitative estimate of drug-likeness (QED) is 0.699. The average molecular weight is 363 g/mol. The summed E-state index contributed by atoms with van der Waals surface area (Å²) in [5.41, 5.74) is 2.36. The predicted octanol–water partition coefficient (Wildman–Crippen LogP) is 5.92. The minimum Gasteiger partial charge on any atom is -0.377 e. The van der Waals surface area contributed by atoms with Crippen LogP contribution in [0.15, 0.2) is 28.7 Å². The first-order chi connectivity index (χ1) is 8.65. The lowest BCUT2D eigenvalue weighted by molar-refractivity contribution is 0.762. The molecule has 0 bridgehead atoms. The van der Waals surface area contributed by atoms with Gasteiger partial charge in [-0.3, -0.25) is 0 Å². The van der Waals surface area contributed by atoms with E-state index in [2.05, 4.69) is 27.3 Å². The lowest BCUT2D eigenvalue weighted by Crippen LogP contribution is -2.07. The first kappa shape index (κ1) is 12.8. The Morgan fingerprint density at radius 2 is 2.17 bits per heavy atom. The third kappa shape index (κ3) is 2.29. The Morgan fingerprint density at radius 3 is 3.00 bits per heavy atom. The van der Waals surface area contributed by atoms with Crippen molar-refractivity contribution in [1.29, 1.82) is 0 Å². The van der Waals surface area contributed by atoms with Crippen molar-refractivity contribution in [2.24, 2.45) is 0 Å². The molecule has 0 spiro atoms. The SMILES string of the molecule is Clc1cc2c(s1)CCC2Nc1cccc(Cl)c1Br. The summed E-state index contributed by atoms with van der Waals surface area (Å²) >= 11 is 17.4. The second-order valence-electron chi connectivity index (χ2n) is 4.27. The molecule has 1 aromatic heterocycles. The Morgan fingerprint density at radius 1 is 1.33 bits per heavy atom. The number of benzene rings is 1. The third-order valence-corrected chi connectivity index (χ3v) is 5.87. The van der Waals surface area contributed by atoms with Crippen molar-refractivity contribution in [3.05, 3.63) is 48.5 Å². The molecule has 1 heterocycles. The fourth-order valence-corrected chi connectivity index (χ4v) is 4.19. The maximum absolute atomic E-state index is 6.10. The van der Waals surface area contributed by atoms with Gasteiger partial charge in [0.2, 0.25) is 0 Å². The number of fused-ring (bicyclic) bond motifs is 1. The van der Waals surface area contributed by atoms with Crippen LogP contribution in [0.4, 0.5) is 5.69 Å². The smallest absolute Gasteiger partial charge is 0.0934 e. The first-order valence-corrected chi connectivity index (χ1v) is 8.00. The number of rotatable bonds is 2. The summed E-state index contributed by atoms with van der Waals surface area (Å²) in [7, 11) is 0. The predicted molar refractivity (Wildman–Crippen MR) is 83.2 cm³/mol. The number of hydrogen-bond acceptors (Lipinski definition) is 2. The van der Waals surface area contributed by atoms with E-state index in [1.54, 1.807) is 11.3 Å². The highest BCUT2D eigenvalue weighted by Crippen LogP contribution is 2.42. The average Bonchev–Trinajstić information content (AvgIpc) is 2.86. The molecule has 1 nitrogen and oxygen atoms in total. The fourth-order valence-electron chi connectivity index (χ4n) is 2.28. The Hall–Kier alpha value is -0.220. The van der Waals surface area contributed by atoms with Gasteiger partial charge in [0, 0.05) is 4.88 Å². The van der Waals surface area contributed by atoms with E-state index in [0.717, 1.165) is 32.4 Å². The molecule has 1 unspecified atom stereocenters. The number of aryl methyl sites for hydroxylation is 1. The van der Waals surface area contributed by atoms with E-state index in [1.807, 2.05) is 18.2 Å². The molecule has 0 fully saturated rings. The Labute approximate surface area is 128 Å². The molecular formula is C13H10BrCl2NS. The molecule has 0 saturated carbocycles. The van der Waals surface area contributed by atoms with E-state index < -0.39 is 0 Å². The van der Waals surface area contributed by atoms with Crippen LogP contribution < -0.4 is 5.32 Å². The normalized spacial score (nSPS) is 17.8. The highest BCUT2D eigenvalue weighted by molar-refractivity contribution is 9.10. The van der Waals surface area contributed by atoms with Crippen molar-refractivity contribution in [3.63, 3.8) is 0 Å². The Balaban J connectivity index is 1.88. The topological polar surface area (TPSA) is 12.0 Å². The molecule has 0 amide bonds. The van der Waals surface area contributed by atoms with Gasteiger partial charge in [0.15, 0.2) is 0 Å². The molecule has 0 aliphatic heterocycles. The van der Waals surface area contributed by atoms with Crippen LogP contribution in [-0.4, -0.2) is 0 Å². The number of halogens is 3. The zero-order valence-corrected chi connectivity index (χ0v) is 13.3. The summed E-state index contributed by atoms with van der Waals surface area (Å²) < 4.78 is 1.79. The van der Waals surface area contributed by atoms with Crippen molar-refractivity contribution in [2.75, 3.05) is 5.32 Å². The van der Waals surface area contributed by atoms with E-state index >= 15 is 0 Å². The molecule has 2 aromatic rings. The molecule has 5 heteroatoms. The van der Waals surface area contributed by atoms with Crippen LogP contribution in [0.5, 0.6) is 0 Å². The van der Waals surface area contributed by atoms with E-state index in [-0.39, 0.29) is 0 Å². The second kappa shape index (κ2) is 5.04. The summed E-state index contributed by atoms with van der Waals surface area (Å²) in [5.74, 6) is 0. The van der Waals surface area contributed by atoms with Gasteiger partial charge < -0.3 is 5.32 Å². The maximum Gasteiger partial charge on any atom is 0.0934 e. The van der Waals surface area contributed by atoms with Crippen molar-refractivity contribution < 1.29 is 0 Å². The van der Waals surface area contributed by atoms with Gasteiger partial charge in [-0.1, -0.05) is 29.3 Å². The van der Waals surface area contributed by atoms with Crippen molar-refractivity contribution in [3.8, 4) is 0 Å². The number of thiophene rings is 1. The van der Waals surface area contributed by atoms with Crippen molar-refractivity contribution in [2.45, 2.75) is 18.9 Å². The first-order valence-electron chi connectivity index (χ1n) is 5.64. The van der Waals surface area contributed by atoms with Gasteiger partial charge in [-0.05, 0) is 52.5 Å². The van der Waals surface area contributed by atoms with Crippen molar-refractivity contribution in [1.82, 2.24) is 0 Å². The summed E-state index contributed by atoms with van der Waals surface area (Å²) in [5, 5.41) is 4.26. The van der Waals surface area contributed by atoms with Crippen LogP contribution in [0.1, 0.15) is 22.9 Å². The fraction of sp³-hybridized carbons (Fsp3) is 0.231. The van der Waals surface area contributed by atoms with Crippen LogP contribution in [0.25, 0.3) is 0 Å². The van der Waals surface area contributed by atoms with E-state index in [1.165, 1.54) is 10.4 Å². The van der Waals surface area contributed by atoms with E-state index in [4.69, 9.17) is 23.2 Å². The van der Waals surface area contributed by atoms with E-state index in [0.29, 0.717) is 6.04 Å². The molecule has 3 rings (SSSR count). The summed E-state index contributed by atoms with van der Waals surface area (Å²) in [6.45, 7) is 0. The number of hydrogen-bond donors (Lipinski definition) is 1. The lowest BCUT2D eigenvalue weighted by atomic mass is 10.1. The van der Waals surface area contributed by atoms with Crippen LogP contribution in [0, 0.1) is 0 Å². The van der Waals surface area contributed by atoms with Crippen LogP contribution in [-0.2, 0) is 6.42 Å². The highest BCUT2D eigenvalue weighted by atomic mass is 79.9. The van der Waals surface area contributed by atoms with Crippen LogP contribution in [0.2, 0.25) is 9.36 Å². The summed E-state index contributed by atoms with van der Waals surface area (Å²) in [6.07, 6.45) is 2.21. The van der Waals surface area contributed by atoms with Gasteiger partial charge >= 0.3 is 0 Å². The van der Waals surface area contributed by atoms with Gasteiger partial charge in [-0.25, -0.2) is 0 Å². The minimum atomic E-state index is 0.332. The molecule has 1 aliphatic carbocycles. The van der Waals surface area contributed by atoms with Gasteiger partial charge in [0.1, 0.15) is 0 Å². The van der Waals surface area contributed by atoms with E-state index in [9.17, 15) is 0 Å². The molecule has 18 heavy (non-hydrogen) atoms. The minimum absolute atomic E-state index is 0.332. The number of nitrogens with one attached hydrogen (secondary N) is 1. The maximum atomic E-state index is 6.10. The van der Waals surface area contributed by atoms with Crippen LogP contribution in [0.3, 0.4) is 0 Å². The highest BCUT2D eigenvalue weighted by Gasteiger charge is 2.25. The molecule has 1 aromatic carbocycles. The van der Waals surface area contributed by atoms with Gasteiger partial charge in [-0.15, -0.1) is 11.3 Å². The molecule has 1 atom stereocenters. The molecule has 0 saturated heterocycles. The lowest BCUT2D eigenvalue weighted by Gasteiger charge is -2.16. The second-order valence-corrected chi connectivity index (χ2v) is 7.23. The van der Waals surface area contributed by atoms with Gasteiger partial charge in [-0.2, -0.15) is 0 Å². The van der Waals surface area contributed by atoms with Gasteiger partial charge in [0.25, 0.3) is 0 Å². The van der Waals surface area contributed by atoms with Crippen LogP contribution >= 0.6 is 50.5 Å². The number of anilines is 1. The molecule has 1 aliphatic rings. The molecule has 0 radical (unpaired) electrons. The Kier molecular flexibility index (Phi) is 3.59. The monoisotopic (exact) mass is 361 g/mol. The zero-order chi connectivity index (χ0) is 12.7. The zero-order valence-electron chi connectivity index (χ0n) is 9.34. The van der Waals surface area contributed by atoms with Gasteiger partial charge in [0.05, 0.1) is 25.6 Å². The third-order valence-electron chi connectivity index (χ3n) is 3.13. The standard InChI is InChI=1S/C13H10BrCl2NS/c14-13-8(15)2-1-3-10(13)17-9-4-5-11-7(9)6-12(16)18-11/h1-3,6,9,17H,4-5H2.